The molecule has 8 heterocycles. The Morgan fingerprint density at radius 3 is 2.23 bits per heavy atom. The highest BCUT2D eigenvalue weighted by Crippen LogP contribution is 2.46. The van der Waals surface area contributed by atoms with Gasteiger partial charge in [-0.3, -0.25) is 24.0 Å². The summed E-state index contributed by atoms with van der Waals surface area (Å²) in [4.78, 5) is 80.1. The Bertz CT molecular complexity index is 2290. The summed E-state index contributed by atoms with van der Waals surface area (Å²) >= 11 is 13.6. The van der Waals surface area contributed by atoms with Crippen molar-refractivity contribution in [3.05, 3.63) is 63.7 Å². The second-order valence-electron chi connectivity index (χ2n) is 22.1. The number of hydrogen-bond acceptors (Lipinski definition) is 15. The minimum Gasteiger partial charge on any atom is -0.460 e. The van der Waals surface area contributed by atoms with Crippen LogP contribution in [0.25, 0.3) is 0 Å². The highest BCUT2D eigenvalue weighted by molar-refractivity contribution is 6.39. The molecule has 8 aliphatic heterocycles. The lowest BCUT2D eigenvalue weighted by molar-refractivity contribution is -0.266. The number of piperidine rings is 1. The molecule has 0 spiro atoms. The summed E-state index contributed by atoms with van der Waals surface area (Å²) in [5, 5.41) is 37.0. The highest BCUT2D eigenvalue weighted by atomic mass is 35.5. The number of esters is 1. The number of amides is 1. The van der Waals surface area contributed by atoms with Crippen LogP contribution in [0.3, 0.4) is 0 Å². The Labute approximate surface area is 446 Å². The van der Waals surface area contributed by atoms with Gasteiger partial charge in [0.25, 0.3) is 11.7 Å². The molecule has 18 atom stereocenters. The van der Waals surface area contributed by atoms with Gasteiger partial charge in [-0.05, 0) is 119 Å². The summed E-state index contributed by atoms with van der Waals surface area (Å²) < 4.78 is 29.9. The van der Waals surface area contributed by atoms with E-state index < -0.39 is 114 Å². The summed E-state index contributed by atoms with van der Waals surface area (Å²) in [5.74, 6) is -9.35. The number of ether oxygens (including phenoxy) is 5. The van der Waals surface area contributed by atoms with Crippen molar-refractivity contribution in [2.24, 2.45) is 41.4 Å². The number of ketones is 3. The zero-order valence-corrected chi connectivity index (χ0v) is 45.8. The Hall–Kier alpha value is -3.55. The van der Waals surface area contributed by atoms with Gasteiger partial charge in [-0.25, -0.2) is 9.86 Å². The van der Waals surface area contributed by atoms with E-state index in [1.165, 1.54) is 12.0 Å². The maximum Gasteiger partial charge on any atom is 0.329 e. The first-order valence-corrected chi connectivity index (χ1v) is 27.3. The third-order valence-corrected chi connectivity index (χ3v) is 17.7. The third-order valence-electron chi connectivity index (χ3n) is 17.1. The zero-order valence-electron chi connectivity index (χ0n) is 44.3. The molecular weight excluding hydrogens is 996 g/mol. The van der Waals surface area contributed by atoms with E-state index in [0.29, 0.717) is 79.1 Å². The Kier molecular flexibility index (Phi) is 19.5. The largest absolute Gasteiger partial charge is 0.460 e. The number of anilines is 1. The van der Waals surface area contributed by atoms with Crippen LogP contribution in [0.1, 0.15) is 112 Å². The summed E-state index contributed by atoms with van der Waals surface area (Å²) in [6, 6.07) is 3.53. The molecule has 0 aromatic heterocycles. The minimum absolute atomic E-state index is 0.0281. The molecule has 1 aliphatic carbocycles. The molecule has 3 N–H and O–H groups in total. The van der Waals surface area contributed by atoms with Gasteiger partial charge in [-0.1, -0.05) is 75.2 Å². The first kappa shape index (κ1) is 58.1. The number of aliphatic hydroxyl groups is 3. The number of aliphatic hydroxyl groups excluding tert-OH is 2. The van der Waals surface area contributed by atoms with Crippen LogP contribution in [0.5, 0.6) is 0 Å². The number of hydrogen-bond donors (Lipinski definition) is 3. The van der Waals surface area contributed by atoms with E-state index in [4.69, 9.17) is 51.7 Å². The molecule has 1 aromatic rings. The third kappa shape index (κ3) is 12.4. The number of para-hydroxylation sites is 1. The second-order valence-corrected chi connectivity index (χ2v) is 22.9. The van der Waals surface area contributed by atoms with Gasteiger partial charge in [0.1, 0.15) is 41.9 Å². The van der Waals surface area contributed by atoms with E-state index in [1.807, 2.05) is 32.1 Å². The molecule has 1 amide bonds. The summed E-state index contributed by atoms with van der Waals surface area (Å²) in [7, 11) is 4.47. The van der Waals surface area contributed by atoms with Gasteiger partial charge in [0.05, 0.1) is 40.5 Å². The van der Waals surface area contributed by atoms with Gasteiger partial charge in [0, 0.05) is 64.4 Å². The monoisotopic (exact) mass is 1070 g/mol. The van der Waals surface area contributed by atoms with E-state index in [1.54, 1.807) is 71.3 Å². The number of Topliss-reactive ketones (excluding diaryl/α,β-unsaturated/α-hetero) is 3. The van der Waals surface area contributed by atoms with E-state index in [0.717, 1.165) is 5.57 Å². The van der Waals surface area contributed by atoms with Gasteiger partial charge in [0.2, 0.25) is 5.79 Å². The molecule has 10 rings (SSSR count). The van der Waals surface area contributed by atoms with Crippen molar-refractivity contribution >= 4 is 58.1 Å². The van der Waals surface area contributed by atoms with Crippen LogP contribution < -0.4 is 5.06 Å². The predicted molar refractivity (Wildman–Crippen MR) is 277 cm³/mol. The van der Waals surface area contributed by atoms with Crippen molar-refractivity contribution in [1.29, 1.82) is 0 Å². The number of allylic oxidation sites excluding steroid dienone is 1. The average Bonchev–Trinajstić information content (AvgIpc) is 3.37. The first-order valence-electron chi connectivity index (χ1n) is 26.5. The normalized spacial score (nSPS) is 40.2. The summed E-state index contributed by atoms with van der Waals surface area (Å²) in [6.45, 7) is 10.7. The van der Waals surface area contributed by atoms with E-state index in [9.17, 15) is 39.3 Å². The molecule has 4 fully saturated rings. The number of rotatable bonds is 6. The van der Waals surface area contributed by atoms with Crippen LogP contribution in [0.4, 0.5) is 5.69 Å². The number of nitrogens with zero attached hydrogens (tertiary/aromatic N) is 2. The molecule has 0 radical (unpaired) electrons. The van der Waals surface area contributed by atoms with Crippen LogP contribution in [0, 0.1) is 41.4 Å². The fraction of sp³-hybridized carbons (Fsp3) is 0.696. The number of benzene rings is 1. The van der Waals surface area contributed by atoms with Crippen molar-refractivity contribution in [3.8, 4) is 0 Å². The van der Waals surface area contributed by atoms with Crippen molar-refractivity contribution in [3.63, 3.8) is 0 Å². The second kappa shape index (κ2) is 24.8. The molecule has 3 saturated heterocycles. The molecule has 410 valence electrons. The molecule has 1 saturated carbocycles. The quantitative estimate of drug-likeness (QED) is 0.145. The molecule has 8 bridgehead atoms. The lowest BCUT2D eigenvalue weighted by Crippen LogP contribution is -2.65. The van der Waals surface area contributed by atoms with Crippen molar-refractivity contribution in [2.45, 2.75) is 179 Å². The maximum absolute atomic E-state index is 14.7. The molecule has 16 nitrogen and oxygen atoms in total. The zero-order chi connectivity index (χ0) is 53.9. The molecule has 18 heteroatoms. The van der Waals surface area contributed by atoms with E-state index >= 15 is 0 Å². The van der Waals surface area contributed by atoms with E-state index in [2.05, 4.69) is 0 Å². The lowest BCUT2D eigenvalue weighted by atomic mass is 9.68. The minimum atomic E-state index is -2.51. The number of methoxy groups -OCH3 is 3. The number of carbonyl (C=O) groups excluding carboxylic acids is 5. The van der Waals surface area contributed by atoms with Crippen LogP contribution in [-0.2, 0) is 52.5 Å². The van der Waals surface area contributed by atoms with Crippen molar-refractivity contribution in [1.82, 2.24) is 4.90 Å². The topological polar surface area (TPSA) is 208 Å². The maximum atomic E-state index is 14.7. The Balaban J connectivity index is 1.25. The summed E-state index contributed by atoms with van der Waals surface area (Å²) in [6.07, 6.45) is 5.24. The van der Waals surface area contributed by atoms with Crippen LogP contribution in [-0.4, -0.2) is 144 Å². The lowest BCUT2D eigenvalue weighted by Gasteiger charge is -2.50. The fourth-order valence-corrected chi connectivity index (χ4v) is 13.2. The molecule has 1 unspecified atom stereocenters. The van der Waals surface area contributed by atoms with Gasteiger partial charge in [-0.2, -0.15) is 0 Å². The summed E-state index contributed by atoms with van der Waals surface area (Å²) in [5.41, 5.74) is 1.54. The van der Waals surface area contributed by atoms with Crippen LogP contribution >= 0.6 is 23.2 Å². The molecule has 74 heavy (non-hydrogen) atoms. The predicted octanol–water partition coefficient (Wildman–Crippen LogP) is 7.34. The number of hydroxylamine groups is 1. The standard InChI is InChI=1S/C56H78Cl2N2O14/c1-29-22-32(4)50(63)52(71-9)51(64)33(5)23-30(2)44(62)28-46-39(25-35-16-20-43(61)47(26-35)70-8)38-12-11-21-59(48(38)55(67)72-46)54(66)53(65)56(68)34(6)15-17-36(73-56)27-45(69-7)31(3)24-37-18-19-42(29)60(74-37)49-40(57)13-10-14-41(49)58/h10,13-14,18-19,23-24,29-30,32,34-39,42-43,45-48,51-52,61,64,68H,11-12,15-17,20-22,25-28H2,1-9H3/b31-24?,33-23+/t29-,30+,32+,34+,35-,36-,37+,38?,39-,42-,43+,45-,46-,47+,48-,51+,52-,56+/m0/s1. The van der Waals surface area contributed by atoms with Gasteiger partial charge in [0.15, 0.2) is 5.78 Å². The van der Waals surface area contributed by atoms with E-state index in [-0.39, 0.29) is 42.8 Å². The number of halogens is 2. The van der Waals surface area contributed by atoms with Crippen molar-refractivity contribution < 1.29 is 67.8 Å². The van der Waals surface area contributed by atoms with Gasteiger partial charge >= 0.3 is 5.97 Å². The van der Waals surface area contributed by atoms with Crippen LogP contribution in [0.15, 0.2) is 53.6 Å². The molecular formula is C56H78Cl2N2O14. The fourth-order valence-electron chi connectivity index (χ4n) is 12.7. The van der Waals surface area contributed by atoms with Gasteiger partial charge in [-0.15, -0.1) is 0 Å². The van der Waals surface area contributed by atoms with Crippen molar-refractivity contribution in [2.75, 3.05) is 32.9 Å². The highest BCUT2D eigenvalue weighted by Gasteiger charge is 2.57. The van der Waals surface area contributed by atoms with Crippen LogP contribution in [0.2, 0.25) is 10.0 Å². The molecule has 9 aliphatic rings. The SMILES string of the molecule is CO[C@H]1C[C@@H]2CC[C@@H](C)[C@@](O)(O2)C(=O)C(=O)N2CCCC3[C@H]2C(=O)O[C@@H](CC(=O)[C@H](C)/C=C(\C)[C@@H](O)[C@@H](OC)C(=O)[C@H](C)C[C@H](C)[C@@H]2C=C[C@H](C=C1C)ON2c1c(Cl)cccc1Cl)[C@H]3C[C@@H]1CC[C@@H](O)[C@H](OC)C1. The Morgan fingerprint density at radius 1 is 0.838 bits per heavy atom. The van der Waals surface area contributed by atoms with Gasteiger partial charge < -0.3 is 43.9 Å². The smallest absolute Gasteiger partial charge is 0.329 e. The number of carbonyl (C=O) groups is 5. The average molecular weight is 1070 g/mol. The Morgan fingerprint density at radius 2 is 1.55 bits per heavy atom. The molecule has 1 aromatic carbocycles. The first-order chi connectivity index (χ1) is 35.1.